The maximum absolute atomic E-state index is 5.63. The summed E-state index contributed by atoms with van der Waals surface area (Å²) in [5.41, 5.74) is 6.79. The third-order valence-corrected chi connectivity index (χ3v) is 3.90. The first-order chi connectivity index (χ1) is 8.74. The normalized spacial score (nSPS) is 26.1. The van der Waals surface area contributed by atoms with E-state index in [1.165, 1.54) is 5.69 Å². The SMILES string of the molecule is C[C@H]1CN(C2COC2)CCN1c1ccc(N)nc1. The number of hydrogen-bond acceptors (Lipinski definition) is 5. The Balaban J connectivity index is 1.66. The van der Waals surface area contributed by atoms with Gasteiger partial charge in [-0.05, 0) is 19.1 Å². The molecule has 0 spiro atoms. The van der Waals surface area contributed by atoms with Crippen molar-refractivity contribution in [3.63, 3.8) is 0 Å². The Labute approximate surface area is 108 Å². The van der Waals surface area contributed by atoms with Crippen LogP contribution in [0.25, 0.3) is 0 Å². The minimum atomic E-state index is 0.504. The van der Waals surface area contributed by atoms with Crippen molar-refractivity contribution in [1.29, 1.82) is 0 Å². The highest BCUT2D eigenvalue weighted by atomic mass is 16.5. The quantitative estimate of drug-likeness (QED) is 0.829. The van der Waals surface area contributed by atoms with Gasteiger partial charge in [-0.25, -0.2) is 4.98 Å². The highest BCUT2D eigenvalue weighted by Gasteiger charge is 2.32. The van der Waals surface area contributed by atoms with Gasteiger partial charge in [-0.15, -0.1) is 0 Å². The van der Waals surface area contributed by atoms with Crippen LogP contribution in [0.2, 0.25) is 0 Å². The van der Waals surface area contributed by atoms with E-state index in [1.807, 2.05) is 12.3 Å². The fourth-order valence-corrected chi connectivity index (χ4v) is 2.70. The molecule has 5 heteroatoms. The predicted octanol–water partition coefficient (Wildman–Crippen LogP) is 0.573. The van der Waals surface area contributed by atoms with Crippen LogP contribution in [0.4, 0.5) is 11.5 Å². The molecule has 5 nitrogen and oxygen atoms in total. The number of hydrogen-bond donors (Lipinski definition) is 1. The molecule has 2 aliphatic rings. The molecule has 0 bridgehead atoms. The zero-order valence-corrected chi connectivity index (χ0v) is 10.7. The second-order valence-electron chi connectivity index (χ2n) is 5.17. The van der Waals surface area contributed by atoms with Crippen LogP contribution in [-0.4, -0.2) is 54.8 Å². The van der Waals surface area contributed by atoms with E-state index >= 15 is 0 Å². The highest BCUT2D eigenvalue weighted by Crippen LogP contribution is 2.22. The zero-order valence-electron chi connectivity index (χ0n) is 10.7. The molecule has 2 aliphatic heterocycles. The molecule has 3 heterocycles. The van der Waals surface area contributed by atoms with E-state index in [0.29, 0.717) is 17.9 Å². The van der Waals surface area contributed by atoms with Crippen molar-refractivity contribution >= 4 is 11.5 Å². The number of ether oxygens (including phenoxy) is 1. The lowest BCUT2D eigenvalue weighted by molar-refractivity contribution is -0.0691. The van der Waals surface area contributed by atoms with Gasteiger partial charge in [0.15, 0.2) is 0 Å². The summed E-state index contributed by atoms with van der Waals surface area (Å²) in [5.74, 6) is 0.580. The summed E-state index contributed by atoms with van der Waals surface area (Å²) in [4.78, 5) is 9.12. The molecule has 98 valence electrons. The van der Waals surface area contributed by atoms with Crippen LogP contribution >= 0.6 is 0 Å². The summed E-state index contributed by atoms with van der Waals surface area (Å²) in [7, 11) is 0. The van der Waals surface area contributed by atoms with Gasteiger partial charge in [0, 0.05) is 25.7 Å². The molecule has 0 aromatic carbocycles. The van der Waals surface area contributed by atoms with Gasteiger partial charge in [0.05, 0.1) is 31.1 Å². The van der Waals surface area contributed by atoms with Gasteiger partial charge in [-0.3, -0.25) is 4.90 Å². The lowest BCUT2D eigenvalue weighted by Crippen LogP contribution is -2.59. The third kappa shape index (κ3) is 2.15. The maximum Gasteiger partial charge on any atom is 0.123 e. The number of nitrogen functional groups attached to an aromatic ring is 1. The van der Waals surface area contributed by atoms with E-state index < -0.39 is 0 Å². The van der Waals surface area contributed by atoms with Crippen LogP contribution in [0.3, 0.4) is 0 Å². The summed E-state index contributed by atoms with van der Waals surface area (Å²) in [6, 6.07) is 5.07. The first-order valence-electron chi connectivity index (χ1n) is 6.54. The lowest BCUT2D eigenvalue weighted by atomic mass is 10.1. The summed E-state index contributed by atoms with van der Waals surface area (Å²) >= 11 is 0. The van der Waals surface area contributed by atoms with Crippen molar-refractivity contribution in [1.82, 2.24) is 9.88 Å². The molecule has 3 rings (SSSR count). The van der Waals surface area contributed by atoms with Crippen LogP contribution in [0.15, 0.2) is 18.3 Å². The molecule has 0 amide bonds. The zero-order chi connectivity index (χ0) is 12.5. The van der Waals surface area contributed by atoms with Crippen molar-refractivity contribution in [3.8, 4) is 0 Å². The average molecular weight is 248 g/mol. The monoisotopic (exact) mass is 248 g/mol. The largest absolute Gasteiger partial charge is 0.384 e. The Morgan fingerprint density at radius 3 is 2.72 bits per heavy atom. The topological polar surface area (TPSA) is 54.6 Å². The number of pyridine rings is 1. The van der Waals surface area contributed by atoms with Gasteiger partial charge < -0.3 is 15.4 Å². The molecule has 0 aliphatic carbocycles. The number of anilines is 2. The molecule has 0 unspecified atom stereocenters. The second kappa shape index (κ2) is 4.74. The summed E-state index contributed by atoms with van der Waals surface area (Å²) in [6.07, 6.45) is 1.87. The minimum absolute atomic E-state index is 0.504. The molecule has 2 saturated heterocycles. The number of nitrogens with two attached hydrogens (primary N) is 1. The van der Waals surface area contributed by atoms with Gasteiger partial charge in [0.1, 0.15) is 5.82 Å². The lowest BCUT2D eigenvalue weighted by Gasteiger charge is -2.46. The fourth-order valence-electron chi connectivity index (χ4n) is 2.70. The highest BCUT2D eigenvalue weighted by molar-refractivity contribution is 5.49. The van der Waals surface area contributed by atoms with E-state index in [-0.39, 0.29) is 0 Å². The first kappa shape index (κ1) is 11.7. The predicted molar refractivity (Wildman–Crippen MR) is 71.6 cm³/mol. The van der Waals surface area contributed by atoms with Gasteiger partial charge >= 0.3 is 0 Å². The van der Waals surface area contributed by atoms with Crippen LogP contribution < -0.4 is 10.6 Å². The van der Waals surface area contributed by atoms with E-state index in [4.69, 9.17) is 10.5 Å². The number of nitrogens with zero attached hydrogens (tertiary/aromatic N) is 3. The molecule has 1 atom stereocenters. The molecule has 18 heavy (non-hydrogen) atoms. The second-order valence-corrected chi connectivity index (χ2v) is 5.17. The number of rotatable bonds is 2. The van der Waals surface area contributed by atoms with Crippen LogP contribution in [0.5, 0.6) is 0 Å². The van der Waals surface area contributed by atoms with Crippen molar-refractivity contribution in [2.45, 2.75) is 19.0 Å². The van der Waals surface area contributed by atoms with Crippen molar-refractivity contribution in [3.05, 3.63) is 18.3 Å². The van der Waals surface area contributed by atoms with E-state index in [0.717, 1.165) is 32.8 Å². The van der Waals surface area contributed by atoms with Gasteiger partial charge in [-0.1, -0.05) is 0 Å². The van der Waals surface area contributed by atoms with E-state index in [9.17, 15) is 0 Å². The summed E-state index contributed by atoms with van der Waals surface area (Å²) in [5, 5.41) is 0. The van der Waals surface area contributed by atoms with Gasteiger partial charge in [-0.2, -0.15) is 0 Å². The summed E-state index contributed by atoms with van der Waals surface area (Å²) in [6.45, 7) is 7.30. The van der Waals surface area contributed by atoms with E-state index in [1.54, 1.807) is 0 Å². The minimum Gasteiger partial charge on any atom is -0.384 e. The Morgan fingerprint density at radius 1 is 1.33 bits per heavy atom. The molecule has 0 radical (unpaired) electrons. The number of piperazine rings is 1. The van der Waals surface area contributed by atoms with E-state index in [2.05, 4.69) is 27.8 Å². The van der Waals surface area contributed by atoms with Crippen LogP contribution in [0, 0.1) is 0 Å². The molecule has 0 saturated carbocycles. The molecule has 2 fully saturated rings. The van der Waals surface area contributed by atoms with Crippen LogP contribution in [0.1, 0.15) is 6.92 Å². The third-order valence-electron chi connectivity index (χ3n) is 3.90. The van der Waals surface area contributed by atoms with Crippen molar-refractivity contribution in [2.75, 3.05) is 43.5 Å². The Hall–Kier alpha value is -1.33. The number of aromatic nitrogens is 1. The smallest absolute Gasteiger partial charge is 0.123 e. The van der Waals surface area contributed by atoms with Crippen molar-refractivity contribution in [2.24, 2.45) is 0 Å². The van der Waals surface area contributed by atoms with Crippen molar-refractivity contribution < 1.29 is 4.74 Å². The van der Waals surface area contributed by atoms with Crippen LogP contribution in [-0.2, 0) is 4.74 Å². The Morgan fingerprint density at radius 2 is 2.17 bits per heavy atom. The first-order valence-corrected chi connectivity index (χ1v) is 6.54. The maximum atomic E-state index is 5.63. The Kier molecular flexibility index (Phi) is 3.09. The molecular weight excluding hydrogens is 228 g/mol. The summed E-state index contributed by atoms with van der Waals surface area (Å²) < 4.78 is 5.27. The molecule has 1 aromatic rings. The van der Waals surface area contributed by atoms with Gasteiger partial charge in [0.2, 0.25) is 0 Å². The standard InChI is InChI=1S/C13H20N4O/c1-10-7-16(12-8-18-9-12)4-5-17(10)11-2-3-13(14)15-6-11/h2-3,6,10,12H,4-5,7-9H2,1H3,(H2,14,15)/t10-/m0/s1. The van der Waals surface area contributed by atoms with Gasteiger partial charge in [0.25, 0.3) is 0 Å². The molecule has 2 N–H and O–H groups in total. The fraction of sp³-hybridized carbons (Fsp3) is 0.615. The molecule has 1 aromatic heterocycles. The molecular formula is C13H20N4O. The Bertz CT molecular complexity index is 404. The average Bonchev–Trinajstić information content (AvgIpc) is 2.29.